The van der Waals surface area contributed by atoms with Crippen molar-refractivity contribution in [3.05, 3.63) is 54.0 Å². The van der Waals surface area contributed by atoms with Gasteiger partial charge in [-0.1, -0.05) is 18.2 Å². The number of hydrogen-bond donors (Lipinski definition) is 4. The first-order chi connectivity index (χ1) is 16.4. The van der Waals surface area contributed by atoms with Crippen LogP contribution in [0, 0.1) is 0 Å². The second-order valence-corrected chi connectivity index (χ2v) is 8.31. The normalized spacial score (nSPS) is 12.1. The minimum absolute atomic E-state index is 0.0255. The lowest BCUT2D eigenvalue weighted by Crippen LogP contribution is -2.16. The van der Waals surface area contributed by atoms with Crippen LogP contribution >= 0.6 is 0 Å². The van der Waals surface area contributed by atoms with E-state index < -0.39 is 5.97 Å². The number of hydrogen-bond acceptors (Lipinski definition) is 6. The maximum atomic E-state index is 12.9. The average molecular weight is 464 g/mol. The number of para-hydroxylation sites is 1. The lowest BCUT2D eigenvalue weighted by molar-refractivity contribution is -0.114. The lowest BCUT2D eigenvalue weighted by atomic mass is 10.1. The van der Waals surface area contributed by atoms with Gasteiger partial charge in [0, 0.05) is 48.6 Å². The Kier molecular flexibility index (Phi) is 6.83. The van der Waals surface area contributed by atoms with Crippen molar-refractivity contribution in [1.82, 2.24) is 14.5 Å². The summed E-state index contributed by atoms with van der Waals surface area (Å²) in [6.07, 6.45) is 4.89. The monoisotopic (exact) mass is 463 g/mol. The number of ether oxygens (including phenoxy) is 1. The van der Waals surface area contributed by atoms with Crippen LogP contribution in [-0.4, -0.2) is 51.3 Å². The van der Waals surface area contributed by atoms with Crippen molar-refractivity contribution in [2.45, 2.75) is 39.3 Å². The molecule has 0 spiro atoms. The highest BCUT2D eigenvalue weighted by Gasteiger charge is 2.26. The molecule has 178 valence electrons. The number of aryl methyl sites for hydroxylation is 2. The first kappa shape index (κ1) is 23.3. The van der Waals surface area contributed by atoms with Crippen molar-refractivity contribution in [2.75, 3.05) is 24.4 Å². The van der Waals surface area contributed by atoms with E-state index in [2.05, 4.69) is 26.7 Å². The number of aromatic nitrogens is 3. The Morgan fingerprint density at radius 1 is 1.26 bits per heavy atom. The summed E-state index contributed by atoms with van der Waals surface area (Å²) in [7, 11) is 1.32. The fourth-order valence-electron chi connectivity index (χ4n) is 4.25. The predicted octanol–water partition coefficient (Wildman–Crippen LogP) is 3.69. The summed E-state index contributed by atoms with van der Waals surface area (Å²) in [6, 6.07) is 9.93. The van der Waals surface area contributed by atoms with Gasteiger partial charge < -0.3 is 30.0 Å². The number of amides is 1. The van der Waals surface area contributed by atoms with Crippen molar-refractivity contribution in [1.29, 1.82) is 0 Å². The second kappa shape index (κ2) is 9.96. The Hall–Kier alpha value is -3.85. The number of esters is 1. The van der Waals surface area contributed by atoms with Gasteiger partial charge in [0.05, 0.1) is 24.7 Å². The number of aliphatic hydroxyl groups is 1. The Labute approximate surface area is 197 Å². The fourth-order valence-corrected chi connectivity index (χ4v) is 4.25. The number of benzene rings is 1. The van der Waals surface area contributed by atoms with Crippen LogP contribution < -0.4 is 10.6 Å². The number of carbonyl (C=O) groups excluding carboxylic acids is 2. The lowest BCUT2D eigenvalue weighted by Gasteiger charge is -2.14. The highest BCUT2D eigenvalue weighted by atomic mass is 16.5. The summed E-state index contributed by atoms with van der Waals surface area (Å²) in [5.74, 6) is -0.850. The molecule has 1 unspecified atom stereocenters. The van der Waals surface area contributed by atoms with Gasteiger partial charge in [0.15, 0.2) is 5.69 Å². The molecule has 0 saturated carbocycles. The Morgan fingerprint density at radius 2 is 2.06 bits per heavy atom. The van der Waals surface area contributed by atoms with Crippen LogP contribution in [0.4, 0.5) is 11.4 Å². The summed E-state index contributed by atoms with van der Waals surface area (Å²) < 4.78 is 6.88. The average Bonchev–Trinajstić information content (AvgIpc) is 3.36. The molecule has 0 radical (unpaired) electrons. The summed E-state index contributed by atoms with van der Waals surface area (Å²) >= 11 is 0. The molecule has 4 rings (SSSR count). The first-order valence-electron chi connectivity index (χ1n) is 11.2. The van der Waals surface area contributed by atoms with E-state index in [9.17, 15) is 14.7 Å². The molecule has 4 aromatic rings. The maximum absolute atomic E-state index is 12.9. The Bertz CT molecular complexity index is 1340. The molecule has 0 aliphatic heterocycles. The number of anilines is 2. The number of methoxy groups -OCH3 is 1. The van der Waals surface area contributed by atoms with Crippen LogP contribution in [0.25, 0.3) is 21.9 Å². The predicted molar refractivity (Wildman–Crippen MR) is 132 cm³/mol. The summed E-state index contributed by atoms with van der Waals surface area (Å²) in [5.41, 5.74) is 4.09. The molecular weight excluding hydrogens is 434 g/mol. The van der Waals surface area contributed by atoms with Crippen molar-refractivity contribution in [3.8, 4) is 0 Å². The molecule has 3 heterocycles. The number of nitrogens with zero attached hydrogens (tertiary/aromatic N) is 2. The molecule has 0 aliphatic carbocycles. The third kappa shape index (κ3) is 4.60. The van der Waals surface area contributed by atoms with Gasteiger partial charge in [-0.15, -0.1) is 0 Å². The number of aromatic amines is 1. The third-order valence-electron chi connectivity index (χ3n) is 5.83. The van der Waals surface area contributed by atoms with Crippen LogP contribution in [0.1, 0.15) is 36.3 Å². The van der Waals surface area contributed by atoms with Crippen molar-refractivity contribution in [2.24, 2.45) is 0 Å². The SMILES string of the molecule is COC(=O)c1c(NC(C)=O)c2cc(NC(C)CCO)cnc2n1CCc1c[nH]c2ccccc12. The first-order valence-corrected chi connectivity index (χ1v) is 11.2. The van der Waals surface area contributed by atoms with Gasteiger partial charge in [0.2, 0.25) is 5.91 Å². The van der Waals surface area contributed by atoms with Crippen molar-refractivity contribution >= 4 is 45.2 Å². The number of pyridine rings is 1. The molecule has 1 aromatic carbocycles. The van der Waals surface area contributed by atoms with E-state index in [1.165, 1.54) is 14.0 Å². The largest absolute Gasteiger partial charge is 0.464 e. The molecule has 9 heteroatoms. The molecular formula is C25H29N5O4. The molecule has 0 aliphatic rings. The summed E-state index contributed by atoms with van der Waals surface area (Å²) in [6.45, 7) is 3.89. The van der Waals surface area contributed by atoms with E-state index in [4.69, 9.17) is 4.74 Å². The van der Waals surface area contributed by atoms with E-state index in [0.717, 1.165) is 22.2 Å². The van der Waals surface area contributed by atoms with Gasteiger partial charge in [-0.05, 0) is 37.5 Å². The van der Waals surface area contributed by atoms with Gasteiger partial charge >= 0.3 is 5.97 Å². The van der Waals surface area contributed by atoms with Crippen LogP contribution in [0.3, 0.4) is 0 Å². The zero-order valence-corrected chi connectivity index (χ0v) is 19.5. The Morgan fingerprint density at radius 3 is 2.79 bits per heavy atom. The standard InChI is InChI=1S/C25H29N5O4/c1-15(9-11-31)28-18-12-20-22(29-16(2)32)23(25(33)34-3)30(24(20)27-14-18)10-8-17-13-26-21-7-5-4-6-19(17)21/h4-7,12-15,26,28,31H,8-11H2,1-3H3,(H,29,32). The van der Waals surface area contributed by atoms with Crippen LogP contribution in [-0.2, 0) is 22.5 Å². The molecule has 0 bridgehead atoms. The number of H-pyrrole nitrogens is 1. The smallest absolute Gasteiger partial charge is 0.356 e. The van der Waals surface area contributed by atoms with Gasteiger partial charge in [0.25, 0.3) is 0 Å². The number of aliphatic hydroxyl groups excluding tert-OH is 1. The summed E-state index contributed by atoms with van der Waals surface area (Å²) in [4.78, 5) is 32.8. The molecule has 3 aromatic heterocycles. The Balaban J connectivity index is 1.79. The highest BCUT2D eigenvalue weighted by Crippen LogP contribution is 2.33. The molecule has 0 saturated heterocycles. The molecule has 0 fully saturated rings. The highest BCUT2D eigenvalue weighted by molar-refractivity contribution is 6.11. The quantitative estimate of drug-likeness (QED) is 0.281. The zero-order valence-electron chi connectivity index (χ0n) is 19.5. The van der Waals surface area contributed by atoms with Crippen LogP contribution in [0.15, 0.2) is 42.7 Å². The maximum Gasteiger partial charge on any atom is 0.356 e. The topological polar surface area (TPSA) is 121 Å². The number of carbonyl (C=O) groups is 2. The number of fused-ring (bicyclic) bond motifs is 2. The zero-order chi connectivity index (χ0) is 24.2. The van der Waals surface area contributed by atoms with E-state index in [0.29, 0.717) is 36.1 Å². The van der Waals surface area contributed by atoms with E-state index in [1.54, 1.807) is 10.8 Å². The number of nitrogens with one attached hydrogen (secondary N) is 3. The van der Waals surface area contributed by atoms with Crippen LogP contribution in [0.5, 0.6) is 0 Å². The molecule has 4 N–H and O–H groups in total. The van der Waals surface area contributed by atoms with E-state index >= 15 is 0 Å². The molecule has 9 nitrogen and oxygen atoms in total. The molecule has 34 heavy (non-hydrogen) atoms. The van der Waals surface area contributed by atoms with E-state index in [-0.39, 0.29) is 24.2 Å². The van der Waals surface area contributed by atoms with Crippen molar-refractivity contribution in [3.63, 3.8) is 0 Å². The van der Waals surface area contributed by atoms with Gasteiger partial charge in [0.1, 0.15) is 5.65 Å². The summed E-state index contributed by atoms with van der Waals surface area (Å²) in [5, 5.41) is 17.1. The number of rotatable bonds is 9. The minimum Gasteiger partial charge on any atom is -0.464 e. The van der Waals surface area contributed by atoms with Gasteiger partial charge in [-0.25, -0.2) is 9.78 Å². The van der Waals surface area contributed by atoms with Crippen molar-refractivity contribution < 1.29 is 19.4 Å². The third-order valence-corrected chi connectivity index (χ3v) is 5.83. The van der Waals surface area contributed by atoms with Gasteiger partial charge in [-0.2, -0.15) is 0 Å². The second-order valence-electron chi connectivity index (χ2n) is 8.31. The fraction of sp³-hybridized carbons (Fsp3) is 0.320. The van der Waals surface area contributed by atoms with Crippen LogP contribution in [0.2, 0.25) is 0 Å². The van der Waals surface area contributed by atoms with E-state index in [1.807, 2.05) is 37.4 Å². The van der Waals surface area contributed by atoms with Gasteiger partial charge in [-0.3, -0.25) is 4.79 Å². The minimum atomic E-state index is -0.552. The molecule has 1 amide bonds. The molecule has 1 atom stereocenters.